The first-order valence-corrected chi connectivity index (χ1v) is 6.62. The van der Waals surface area contributed by atoms with Crippen molar-refractivity contribution in [2.24, 2.45) is 7.05 Å². The zero-order valence-corrected chi connectivity index (χ0v) is 12.7. The molecule has 3 N–H and O–H groups in total. The summed E-state index contributed by atoms with van der Waals surface area (Å²) in [6.07, 6.45) is 0. The van der Waals surface area contributed by atoms with E-state index in [9.17, 15) is 4.79 Å². The number of aryl methyl sites for hydroxylation is 2. The number of anilines is 2. The summed E-state index contributed by atoms with van der Waals surface area (Å²) in [5.74, 6) is 0.177. The maximum Gasteiger partial charge on any atom is 0.256 e. The number of rotatable bonds is 2. The molecule has 2 aromatic rings. The molecule has 5 nitrogen and oxygen atoms in total. The highest BCUT2D eigenvalue weighted by Crippen LogP contribution is 2.23. The summed E-state index contributed by atoms with van der Waals surface area (Å²) in [6, 6.07) is 4.97. The maximum atomic E-state index is 12.1. The number of carbonyl (C=O) groups is 1. The van der Waals surface area contributed by atoms with Crippen molar-refractivity contribution in [2.45, 2.75) is 6.92 Å². The van der Waals surface area contributed by atoms with Crippen LogP contribution >= 0.6 is 27.5 Å². The Balaban J connectivity index is 2.30. The van der Waals surface area contributed by atoms with Gasteiger partial charge in [0.05, 0.1) is 11.4 Å². The molecule has 0 bridgehead atoms. The molecule has 0 unspecified atom stereocenters. The second-order valence-corrected chi connectivity index (χ2v) is 5.44. The van der Waals surface area contributed by atoms with Crippen molar-refractivity contribution >= 4 is 44.9 Å². The van der Waals surface area contributed by atoms with Gasteiger partial charge in [-0.05, 0) is 25.1 Å². The summed E-state index contributed by atoms with van der Waals surface area (Å²) >= 11 is 9.20. The quantitative estimate of drug-likeness (QED) is 0.880. The van der Waals surface area contributed by atoms with Gasteiger partial charge in [0, 0.05) is 22.1 Å². The largest absolute Gasteiger partial charge is 0.394 e. The lowest BCUT2D eigenvalue weighted by molar-refractivity contribution is 0.102. The van der Waals surface area contributed by atoms with Crippen molar-refractivity contribution in [1.29, 1.82) is 0 Å². The molecule has 0 saturated heterocycles. The van der Waals surface area contributed by atoms with Crippen LogP contribution in [-0.2, 0) is 7.05 Å². The van der Waals surface area contributed by atoms with E-state index in [1.165, 1.54) is 4.68 Å². The molecule has 0 aliphatic rings. The molecule has 1 heterocycles. The standard InChI is InChI=1S/C12H12BrClN4O/c1-6-10(15)11(18(2)17-6)16-12(19)7-3-8(13)5-9(14)4-7/h3-5H,15H2,1-2H3,(H,16,19). The number of nitrogen functional groups attached to an aromatic ring is 1. The van der Waals surface area contributed by atoms with Gasteiger partial charge in [0.25, 0.3) is 5.91 Å². The number of nitrogens with zero attached hydrogens (tertiary/aromatic N) is 2. The summed E-state index contributed by atoms with van der Waals surface area (Å²) in [5.41, 5.74) is 7.43. The van der Waals surface area contributed by atoms with Crippen LogP contribution in [0.1, 0.15) is 16.1 Å². The Morgan fingerprint density at radius 1 is 1.47 bits per heavy atom. The zero-order chi connectivity index (χ0) is 14.2. The third kappa shape index (κ3) is 2.90. The van der Waals surface area contributed by atoms with Crippen LogP contribution in [0.25, 0.3) is 0 Å². The van der Waals surface area contributed by atoms with Crippen molar-refractivity contribution < 1.29 is 4.79 Å². The number of hydrogen-bond acceptors (Lipinski definition) is 3. The van der Waals surface area contributed by atoms with E-state index in [0.29, 0.717) is 27.8 Å². The Morgan fingerprint density at radius 2 is 2.16 bits per heavy atom. The summed E-state index contributed by atoms with van der Waals surface area (Å²) in [5, 5.41) is 7.34. The number of hydrogen-bond donors (Lipinski definition) is 2. The summed E-state index contributed by atoms with van der Waals surface area (Å²) in [6.45, 7) is 1.78. The molecule has 0 spiro atoms. The summed E-state index contributed by atoms with van der Waals surface area (Å²) in [7, 11) is 1.72. The molecule has 1 amide bonds. The monoisotopic (exact) mass is 342 g/mol. The average molecular weight is 344 g/mol. The summed E-state index contributed by atoms with van der Waals surface area (Å²) < 4.78 is 2.27. The number of aromatic nitrogens is 2. The van der Waals surface area contributed by atoms with Crippen LogP contribution in [0.15, 0.2) is 22.7 Å². The van der Waals surface area contributed by atoms with E-state index in [-0.39, 0.29) is 5.91 Å². The van der Waals surface area contributed by atoms with E-state index < -0.39 is 0 Å². The first-order chi connectivity index (χ1) is 8.88. The van der Waals surface area contributed by atoms with Gasteiger partial charge in [-0.1, -0.05) is 27.5 Å². The number of nitrogens with one attached hydrogen (secondary N) is 1. The van der Waals surface area contributed by atoms with Crippen molar-refractivity contribution in [3.05, 3.63) is 39.0 Å². The van der Waals surface area contributed by atoms with E-state index in [0.717, 1.165) is 4.47 Å². The Kier molecular flexibility index (Phi) is 3.82. The van der Waals surface area contributed by atoms with E-state index in [2.05, 4.69) is 26.3 Å². The van der Waals surface area contributed by atoms with Crippen molar-refractivity contribution in [1.82, 2.24) is 9.78 Å². The van der Waals surface area contributed by atoms with Crippen LogP contribution in [0.2, 0.25) is 5.02 Å². The first kappa shape index (κ1) is 13.9. The van der Waals surface area contributed by atoms with E-state index in [1.54, 1.807) is 32.2 Å². The average Bonchev–Trinajstić information content (AvgIpc) is 2.54. The molecule has 100 valence electrons. The fraction of sp³-hybridized carbons (Fsp3) is 0.167. The van der Waals surface area contributed by atoms with Crippen molar-refractivity contribution in [3.63, 3.8) is 0 Å². The molecule has 0 saturated carbocycles. The van der Waals surface area contributed by atoms with Crippen LogP contribution in [0, 0.1) is 6.92 Å². The molecule has 0 atom stereocenters. The minimum absolute atomic E-state index is 0.294. The van der Waals surface area contributed by atoms with Gasteiger partial charge in [-0.3, -0.25) is 9.48 Å². The van der Waals surface area contributed by atoms with Gasteiger partial charge in [0.15, 0.2) is 5.82 Å². The van der Waals surface area contributed by atoms with Gasteiger partial charge in [-0.2, -0.15) is 5.10 Å². The normalized spacial score (nSPS) is 10.5. The fourth-order valence-electron chi connectivity index (χ4n) is 1.69. The maximum absolute atomic E-state index is 12.1. The van der Waals surface area contributed by atoms with Gasteiger partial charge in [0.1, 0.15) is 0 Å². The number of halogens is 2. The molecular weight excluding hydrogens is 332 g/mol. The number of amides is 1. The van der Waals surface area contributed by atoms with Crippen LogP contribution < -0.4 is 11.1 Å². The van der Waals surface area contributed by atoms with Crippen LogP contribution in [-0.4, -0.2) is 15.7 Å². The highest BCUT2D eigenvalue weighted by atomic mass is 79.9. The molecule has 0 fully saturated rings. The predicted octanol–water partition coefficient (Wildman–Crippen LogP) is 2.98. The Bertz CT molecular complexity index is 633. The number of carbonyl (C=O) groups excluding carboxylic acids is 1. The topological polar surface area (TPSA) is 72.9 Å². The second-order valence-electron chi connectivity index (χ2n) is 4.08. The predicted molar refractivity (Wildman–Crippen MR) is 79.5 cm³/mol. The molecule has 0 aliphatic heterocycles. The fourth-order valence-corrected chi connectivity index (χ4v) is 2.55. The van der Waals surface area contributed by atoms with E-state index in [4.69, 9.17) is 17.3 Å². The molecule has 1 aromatic heterocycles. The molecule has 1 aromatic carbocycles. The number of benzene rings is 1. The third-order valence-corrected chi connectivity index (χ3v) is 3.30. The second kappa shape index (κ2) is 5.22. The highest BCUT2D eigenvalue weighted by Gasteiger charge is 2.14. The Labute approximate surface area is 123 Å². The molecule has 2 rings (SSSR count). The SMILES string of the molecule is Cc1nn(C)c(NC(=O)c2cc(Cl)cc(Br)c2)c1N. The summed E-state index contributed by atoms with van der Waals surface area (Å²) in [4.78, 5) is 12.1. The lowest BCUT2D eigenvalue weighted by atomic mass is 10.2. The number of nitrogens with two attached hydrogens (primary N) is 1. The van der Waals surface area contributed by atoms with Crippen LogP contribution in [0.4, 0.5) is 11.5 Å². The minimum atomic E-state index is -0.294. The van der Waals surface area contributed by atoms with Gasteiger partial charge in [-0.15, -0.1) is 0 Å². The Morgan fingerprint density at radius 3 is 2.68 bits per heavy atom. The van der Waals surface area contributed by atoms with Crippen molar-refractivity contribution in [2.75, 3.05) is 11.1 Å². The van der Waals surface area contributed by atoms with Gasteiger partial charge < -0.3 is 11.1 Å². The van der Waals surface area contributed by atoms with Gasteiger partial charge >= 0.3 is 0 Å². The molecule has 0 aliphatic carbocycles. The van der Waals surface area contributed by atoms with E-state index in [1.807, 2.05) is 0 Å². The lowest BCUT2D eigenvalue weighted by Crippen LogP contribution is -2.15. The molecule has 7 heteroatoms. The smallest absolute Gasteiger partial charge is 0.256 e. The highest BCUT2D eigenvalue weighted by molar-refractivity contribution is 9.10. The molecular formula is C12H12BrClN4O. The third-order valence-electron chi connectivity index (χ3n) is 2.63. The molecule has 19 heavy (non-hydrogen) atoms. The lowest BCUT2D eigenvalue weighted by Gasteiger charge is -2.07. The van der Waals surface area contributed by atoms with Crippen LogP contribution in [0.5, 0.6) is 0 Å². The molecule has 0 radical (unpaired) electrons. The van der Waals surface area contributed by atoms with Gasteiger partial charge in [-0.25, -0.2) is 0 Å². The van der Waals surface area contributed by atoms with Crippen molar-refractivity contribution in [3.8, 4) is 0 Å². The van der Waals surface area contributed by atoms with Crippen LogP contribution in [0.3, 0.4) is 0 Å². The first-order valence-electron chi connectivity index (χ1n) is 5.45. The van der Waals surface area contributed by atoms with E-state index >= 15 is 0 Å². The minimum Gasteiger partial charge on any atom is -0.394 e. The Hall–Kier alpha value is -1.53. The zero-order valence-electron chi connectivity index (χ0n) is 10.4. The van der Waals surface area contributed by atoms with Gasteiger partial charge in [0.2, 0.25) is 0 Å².